The summed E-state index contributed by atoms with van der Waals surface area (Å²) in [5, 5.41) is 20.2. The summed E-state index contributed by atoms with van der Waals surface area (Å²) >= 11 is 12.2. The summed E-state index contributed by atoms with van der Waals surface area (Å²) in [4.78, 5) is 52.4. The lowest BCUT2D eigenvalue weighted by Gasteiger charge is -2.29. The van der Waals surface area contributed by atoms with E-state index in [9.17, 15) is 29.4 Å². The Morgan fingerprint density at radius 1 is 0.620 bits per heavy atom. The van der Waals surface area contributed by atoms with Crippen LogP contribution in [0.1, 0.15) is 69.6 Å². The second kappa shape index (κ2) is 16.1. The van der Waals surface area contributed by atoms with E-state index in [-0.39, 0.29) is 23.9 Å². The van der Waals surface area contributed by atoms with Crippen LogP contribution in [-0.4, -0.2) is 70.1 Å². The number of rotatable bonds is 8. The lowest BCUT2D eigenvalue weighted by atomic mass is 10.0. The van der Waals surface area contributed by atoms with Crippen molar-refractivity contribution >= 4 is 47.0 Å². The van der Waals surface area contributed by atoms with E-state index in [0.717, 1.165) is 11.1 Å². The van der Waals surface area contributed by atoms with Crippen LogP contribution in [0.15, 0.2) is 97.1 Å². The molecule has 2 amide bonds. The average Bonchev–Trinajstić information content (AvgIpc) is 3.78. The number of amides is 2. The summed E-state index contributed by atoms with van der Waals surface area (Å²) in [5.74, 6) is -1.55. The highest BCUT2D eigenvalue weighted by molar-refractivity contribution is 6.31. The molecule has 4 aromatic carbocycles. The monoisotopic (exact) mass is 718 g/mol. The fourth-order valence-corrected chi connectivity index (χ4v) is 6.93. The number of ether oxygens (including phenoxy) is 2. The number of halogens is 2. The minimum Gasteiger partial charge on any atom is -0.497 e. The predicted molar refractivity (Wildman–Crippen MR) is 188 cm³/mol. The van der Waals surface area contributed by atoms with Gasteiger partial charge in [-0.25, -0.2) is 9.59 Å². The van der Waals surface area contributed by atoms with E-state index in [1.165, 1.54) is 24.0 Å². The Balaban J connectivity index is 0.000000194. The highest BCUT2D eigenvalue weighted by Crippen LogP contribution is 2.41. The van der Waals surface area contributed by atoms with Gasteiger partial charge in [0.25, 0.3) is 11.8 Å². The highest BCUT2D eigenvalue weighted by Gasteiger charge is 2.43. The summed E-state index contributed by atoms with van der Waals surface area (Å²) in [7, 11) is 3.04. The maximum atomic E-state index is 13.1. The van der Waals surface area contributed by atoms with Crippen LogP contribution in [0.25, 0.3) is 0 Å². The van der Waals surface area contributed by atoms with Crippen molar-refractivity contribution in [2.45, 2.75) is 49.9 Å². The van der Waals surface area contributed by atoms with Gasteiger partial charge in [0.15, 0.2) is 0 Å². The Bertz CT molecular complexity index is 1870. The third-order valence-electron chi connectivity index (χ3n) is 8.96. The standard InChI is InChI=1S/2C19H18ClNO4/c1-25-13-6-4-5-12(11-13)18(22)21-16(9-10-17(21)19(23)24)14-7-2-3-8-15(14)20;1-25-15-4-2-3-13(11-15)18(22)21-16(9-10-17(21)19(23)24)12-5-7-14(20)8-6-12/h2*2-8,11,16-17H,9-10H2,1H3,(H,23,24)/t16-,17-;16?,17-/m10/s1. The van der Waals surface area contributed by atoms with Gasteiger partial charge >= 0.3 is 11.9 Å². The third-order valence-corrected chi connectivity index (χ3v) is 9.56. The Labute approximate surface area is 299 Å². The SMILES string of the molecule is COc1cccc(C(=O)N2C(c3ccc(Cl)cc3)CC[C@H]2C(=O)O)c1.COc1cccc(C(=O)N2[C@@H](C(=O)O)CC[C@@H]2c2ccccc2Cl)c1. The zero-order valence-corrected chi connectivity index (χ0v) is 28.9. The lowest BCUT2D eigenvalue weighted by molar-refractivity contribution is -0.142. The highest BCUT2D eigenvalue weighted by atomic mass is 35.5. The second-order valence-corrected chi connectivity index (χ2v) is 12.7. The zero-order valence-electron chi connectivity index (χ0n) is 27.4. The van der Waals surface area contributed by atoms with Gasteiger partial charge in [-0.2, -0.15) is 0 Å². The number of hydrogen-bond acceptors (Lipinski definition) is 6. The van der Waals surface area contributed by atoms with E-state index >= 15 is 0 Å². The van der Waals surface area contributed by atoms with Gasteiger partial charge in [-0.15, -0.1) is 0 Å². The van der Waals surface area contributed by atoms with E-state index < -0.39 is 24.0 Å². The molecule has 6 rings (SSSR count). The Morgan fingerprint density at radius 2 is 1.10 bits per heavy atom. The summed E-state index contributed by atoms with van der Waals surface area (Å²) in [6, 6.07) is 25.5. The van der Waals surface area contributed by atoms with Gasteiger partial charge in [0.05, 0.1) is 26.3 Å². The molecule has 0 aromatic heterocycles. The first-order chi connectivity index (χ1) is 24.0. The molecule has 260 valence electrons. The van der Waals surface area contributed by atoms with Crippen molar-refractivity contribution < 1.29 is 38.9 Å². The van der Waals surface area contributed by atoms with Gasteiger partial charge in [0, 0.05) is 21.2 Å². The number of hydrogen-bond donors (Lipinski definition) is 2. The van der Waals surface area contributed by atoms with Gasteiger partial charge < -0.3 is 29.5 Å². The van der Waals surface area contributed by atoms with Gasteiger partial charge in [0.1, 0.15) is 23.6 Å². The van der Waals surface area contributed by atoms with Crippen LogP contribution in [0.4, 0.5) is 0 Å². The number of carboxylic acid groups (broad SMARTS) is 2. The molecule has 2 aliphatic rings. The van der Waals surface area contributed by atoms with Crippen LogP contribution in [0.3, 0.4) is 0 Å². The first kappa shape index (κ1) is 36.2. The summed E-state index contributed by atoms with van der Waals surface area (Å²) in [5.41, 5.74) is 2.45. The maximum absolute atomic E-state index is 13.1. The van der Waals surface area contributed by atoms with E-state index in [2.05, 4.69) is 0 Å². The molecule has 2 saturated heterocycles. The summed E-state index contributed by atoms with van der Waals surface area (Å²) in [6.07, 6.45) is 1.95. The number of carbonyl (C=O) groups excluding carboxylic acids is 2. The van der Waals surface area contributed by atoms with E-state index in [0.29, 0.717) is 58.4 Å². The molecule has 2 N–H and O–H groups in total. The molecule has 0 bridgehead atoms. The maximum Gasteiger partial charge on any atom is 0.326 e. The molecule has 0 radical (unpaired) electrons. The van der Waals surface area contributed by atoms with Gasteiger partial charge in [-0.1, -0.05) is 65.7 Å². The fraction of sp³-hybridized carbons (Fsp3) is 0.263. The van der Waals surface area contributed by atoms with Crippen molar-refractivity contribution in [2.24, 2.45) is 0 Å². The van der Waals surface area contributed by atoms with Crippen molar-refractivity contribution in [1.29, 1.82) is 0 Å². The van der Waals surface area contributed by atoms with E-state index in [1.807, 2.05) is 30.3 Å². The Morgan fingerprint density at radius 3 is 1.58 bits per heavy atom. The quantitative estimate of drug-likeness (QED) is 0.191. The van der Waals surface area contributed by atoms with E-state index in [4.69, 9.17) is 32.7 Å². The summed E-state index contributed by atoms with van der Waals surface area (Å²) < 4.78 is 10.3. The fourth-order valence-electron chi connectivity index (χ4n) is 6.55. The first-order valence-corrected chi connectivity index (χ1v) is 16.7. The normalized spacial score (nSPS) is 19.7. The van der Waals surface area contributed by atoms with E-state index in [1.54, 1.807) is 66.7 Å². The van der Waals surface area contributed by atoms with Gasteiger partial charge in [-0.05, 0) is 91.4 Å². The lowest BCUT2D eigenvalue weighted by Crippen LogP contribution is -2.41. The van der Waals surface area contributed by atoms with Crippen molar-refractivity contribution in [3.05, 3.63) is 129 Å². The zero-order chi connectivity index (χ0) is 35.9. The van der Waals surface area contributed by atoms with Crippen LogP contribution in [0.2, 0.25) is 10.0 Å². The molecule has 0 saturated carbocycles. The summed E-state index contributed by atoms with van der Waals surface area (Å²) in [6.45, 7) is 0. The number of carboxylic acids is 2. The molecule has 2 fully saturated rings. The Hall–Kier alpha value is -5.06. The van der Waals surface area contributed by atoms with Crippen LogP contribution in [0.5, 0.6) is 11.5 Å². The molecule has 2 heterocycles. The smallest absolute Gasteiger partial charge is 0.326 e. The second-order valence-electron chi connectivity index (χ2n) is 11.9. The van der Waals surface area contributed by atoms with Crippen molar-refractivity contribution in [3.8, 4) is 11.5 Å². The van der Waals surface area contributed by atoms with Crippen LogP contribution in [0, 0.1) is 0 Å². The molecule has 0 spiro atoms. The number of nitrogens with zero attached hydrogens (tertiary/aromatic N) is 2. The van der Waals surface area contributed by atoms with Crippen LogP contribution in [-0.2, 0) is 9.59 Å². The minimum absolute atomic E-state index is 0.294. The molecule has 2 aliphatic heterocycles. The third kappa shape index (κ3) is 7.87. The average molecular weight is 720 g/mol. The molecular weight excluding hydrogens is 683 g/mol. The first-order valence-electron chi connectivity index (χ1n) is 15.9. The molecule has 4 atom stereocenters. The number of benzene rings is 4. The number of methoxy groups -OCH3 is 2. The van der Waals surface area contributed by atoms with Crippen LogP contribution >= 0.6 is 23.2 Å². The Kier molecular flexibility index (Phi) is 11.7. The number of aliphatic carboxylic acids is 2. The van der Waals surface area contributed by atoms with Crippen LogP contribution < -0.4 is 9.47 Å². The molecule has 4 aromatic rings. The topological polar surface area (TPSA) is 134 Å². The molecule has 12 heteroatoms. The molecule has 1 unspecified atom stereocenters. The van der Waals surface area contributed by atoms with Crippen molar-refractivity contribution in [3.63, 3.8) is 0 Å². The predicted octanol–water partition coefficient (Wildman–Crippen LogP) is 7.56. The number of likely N-dealkylation sites (tertiary alicyclic amines) is 2. The van der Waals surface area contributed by atoms with Crippen molar-refractivity contribution in [2.75, 3.05) is 14.2 Å². The van der Waals surface area contributed by atoms with Gasteiger partial charge in [0.2, 0.25) is 0 Å². The molecule has 0 aliphatic carbocycles. The molecular formula is C38H36Cl2N2O8. The van der Waals surface area contributed by atoms with Crippen molar-refractivity contribution in [1.82, 2.24) is 9.80 Å². The molecule has 50 heavy (non-hydrogen) atoms. The number of carbonyl (C=O) groups is 4. The molecule has 10 nitrogen and oxygen atoms in total. The van der Waals surface area contributed by atoms with Gasteiger partial charge in [-0.3, -0.25) is 9.59 Å². The minimum atomic E-state index is -1.01. The largest absolute Gasteiger partial charge is 0.497 e.